The van der Waals surface area contributed by atoms with Crippen LogP contribution in [-0.4, -0.2) is 70.3 Å². The molecule has 0 saturated carbocycles. The Morgan fingerprint density at radius 1 is 1.41 bits per heavy atom. The van der Waals surface area contributed by atoms with Crippen LogP contribution < -0.4 is 0 Å². The van der Waals surface area contributed by atoms with Crippen LogP contribution in [0.3, 0.4) is 0 Å². The minimum absolute atomic E-state index is 0.0179. The van der Waals surface area contributed by atoms with Gasteiger partial charge in [-0.3, -0.25) is 14.3 Å². The molecule has 22 heavy (non-hydrogen) atoms. The minimum atomic E-state index is -0.0582. The average molecular weight is 306 g/mol. The summed E-state index contributed by atoms with van der Waals surface area (Å²) >= 11 is 0. The van der Waals surface area contributed by atoms with Crippen LogP contribution in [0, 0.1) is 0 Å². The molecule has 1 aromatic rings. The first kappa shape index (κ1) is 15.0. The van der Waals surface area contributed by atoms with E-state index in [-0.39, 0.29) is 24.0 Å². The molecule has 0 spiro atoms. The highest BCUT2D eigenvalue weighted by molar-refractivity contribution is 5.78. The Hall–Kier alpha value is -1.89. The summed E-state index contributed by atoms with van der Waals surface area (Å²) in [5.41, 5.74) is 1.05. The number of hydrogen-bond donors (Lipinski definition) is 0. The fraction of sp³-hybridized carbons (Fsp3) is 0.667. The molecule has 2 saturated heterocycles. The van der Waals surface area contributed by atoms with E-state index in [1.165, 1.54) is 0 Å². The molecule has 0 bridgehead atoms. The van der Waals surface area contributed by atoms with E-state index in [2.05, 4.69) is 5.10 Å². The van der Waals surface area contributed by atoms with Gasteiger partial charge in [0.1, 0.15) is 0 Å². The summed E-state index contributed by atoms with van der Waals surface area (Å²) in [6.07, 6.45) is 3.24. The second-order valence-electron chi connectivity index (χ2n) is 5.98. The molecule has 0 unspecified atom stereocenters. The summed E-state index contributed by atoms with van der Waals surface area (Å²) in [7, 11) is 3.68. The first-order valence-corrected chi connectivity index (χ1v) is 7.68. The number of nitrogens with zero attached hydrogens (tertiary/aromatic N) is 4. The number of likely N-dealkylation sites (tertiary alicyclic amines) is 1. The highest BCUT2D eigenvalue weighted by Crippen LogP contribution is 2.22. The second kappa shape index (κ2) is 6.08. The third kappa shape index (κ3) is 2.85. The fourth-order valence-corrected chi connectivity index (χ4v) is 3.19. The third-order valence-corrected chi connectivity index (χ3v) is 4.65. The van der Waals surface area contributed by atoms with Crippen molar-refractivity contribution < 1.29 is 14.3 Å². The molecule has 2 aliphatic rings. The summed E-state index contributed by atoms with van der Waals surface area (Å²) < 4.78 is 7.54. The summed E-state index contributed by atoms with van der Waals surface area (Å²) in [6, 6.07) is 1.91. The van der Waals surface area contributed by atoms with Crippen LogP contribution in [0.15, 0.2) is 12.3 Å². The van der Waals surface area contributed by atoms with Gasteiger partial charge in [0.15, 0.2) is 0 Å². The normalized spacial score (nSPS) is 25.3. The number of carbonyl (C=O) groups excluding carboxylic acids is 2. The molecule has 2 amide bonds. The van der Waals surface area contributed by atoms with E-state index in [1.807, 2.05) is 18.0 Å². The van der Waals surface area contributed by atoms with Gasteiger partial charge in [0.2, 0.25) is 11.8 Å². The lowest BCUT2D eigenvalue weighted by molar-refractivity contribution is -0.133. The Bertz CT molecular complexity index is 571. The van der Waals surface area contributed by atoms with Crippen molar-refractivity contribution in [1.82, 2.24) is 19.6 Å². The molecule has 0 radical (unpaired) electrons. The lowest BCUT2D eigenvalue weighted by Gasteiger charge is -2.25. The van der Waals surface area contributed by atoms with Crippen molar-refractivity contribution in [1.29, 1.82) is 0 Å². The van der Waals surface area contributed by atoms with E-state index in [1.54, 1.807) is 22.8 Å². The molecule has 3 heterocycles. The van der Waals surface area contributed by atoms with Crippen molar-refractivity contribution in [2.75, 3.05) is 26.7 Å². The van der Waals surface area contributed by atoms with Crippen molar-refractivity contribution in [3.05, 3.63) is 18.0 Å². The monoisotopic (exact) mass is 306 g/mol. The van der Waals surface area contributed by atoms with Crippen LogP contribution in [0.2, 0.25) is 0 Å². The maximum atomic E-state index is 12.4. The van der Waals surface area contributed by atoms with E-state index in [4.69, 9.17) is 4.74 Å². The summed E-state index contributed by atoms with van der Waals surface area (Å²) in [4.78, 5) is 27.9. The molecule has 3 rings (SSSR count). The molecule has 0 aromatic carbocycles. The number of fused-ring (bicyclic) bond motifs is 1. The summed E-state index contributed by atoms with van der Waals surface area (Å²) in [5, 5.41) is 4.11. The zero-order chi connectivity index (χ0) is 15.7. The van der Waals surface area contributed by atoms with E-state index in [0.717, 1.165) is 5.69 Å². The van der Waals surface area contributed by atoms with Crippen LogP contribution in [0.1, 0.15) is 18.5 Å². The number of amides is 2. The van der Waals surface area contributed by atoms with Gasteiger partial charge in [-0.2, -0.15) is 5.10 Å². The number of rotatable bonds is 3. The standard InChI is InChI=1S/C15H22N4O3/c1-17-12-9-19(10-13(12)22-8-6-14(17)20)15(21)4-3-11-5-7-16-18(11)2/h5,7,12-13H,3-4,6,8-10H2,1-2H3/t12-,13-/m0/s1. The zero-order valence-corrected chi connectivity index (χ0v) is 13.1. The van der Waals surface area contributed by atoms with Crippen LogP contribution >= 0.6 is 0 Å². The largest absolute Gasteiger partial charge is 0.374 e. The molecule has 2 aliphatic heterocycles. The first-order chi connectivity index (χ1) is 10.6. The number of aromatic nitrogens is 2. The second-order valence-corrected chi connectivity index (χ2v) is 5.98. The maximum Gasteiger partial charge on any atom is 0.225 e. The third-order valence-electron chi connectivity index (χ3n) is 4.65. The average Bonchev–Trinajstić information content (AvgIpc) is 3.07. The summed E-state index contributed by atoms with van der Waals surface area (Å²) in [6.45, 7) is 1.59. The molecule has 7 heteroatoms. The van der Waals surface area contributed by atoms with Gasteiger partial charge >= 0.3 is 0 Å². The van der Waals surface area contributed by atoms with E-state index in [9.17, 15) is 9.59 Å². The minimum Gasteiger partial charge on any atom is -0.374 e. The SMILES string of the molecule is CN1C(=O)CCO[C@H]2CN(C(=O)CCc3ccnn3C)C[C@@H]21. The van der Waals surface area contributed by atoms with E-state index < -0.39 is 0 Å². The highest BCUT2D eigenvalue weighted by Gasteiger charge is 2.41. The fourth-order valence-electron chi connectivity index (χ4n) is 3.19. The number of hydrogen-bond acceptors (Lipinski definition) is 4. The molecule has 7 nitrogen and oxygen atoms in total. The van der Waals surface area contributed by atoms with Gasteiger partial charge < -0.3 is 14.5 Å². The number of likely N-dealkylation sites (N-methyl/N-ethyl adjacent to an activating group) is 1. The Morgan fingerprint density at radius 2 is 2.23 bits per heavy atom. The van der Waals surface area contributed by atoms with Crippen LogP contribution in [0.25, 0.3) is 0 Å². The van der Waals surface area contributed by atoms with Gasteiger partial charge in [0, 0.05) is 45.5 Å². The molecule has 120 valence electrons. The molecule has 1 aromatic heterocycles. The summed E-state index contributed by atoms with van der Waals surface area (Å²) in [5.74, 6) is 0.204. The lowest BCUT2D eigenvalue weighted by Crippen LogP contribution is -2.43. The number of carbonyl (C=O) groups is 2. The predicted octanol–water partition coefficient (Wildman–Crippen LogP) is -0.189. The Kier molecular flexibility index (Phi) is 4.15. The Morgan fingerprint density at radius 3 is 2.95 bits per heavy atom. The lowest BCUT2D eigenvalue weighted by atomic mass is 10.2. The van der Waals surface area contributed by atoms with E-state index >= 15 is 0 Å². The van der Waals surface area contributed by atoms with Crippen LogP contribution in [-0.2, 0) is 27.8 Å². The van der Waals surface area contributed by atoms with Crippen molar-refractivity contribution >= 4 is 11.8 Å². The van der Waals surface area contributed by atoms with Crippen LogP contribution in [0.5, 0.6) is 0 Å². The molecular formula is C15H22N4O3. The van der Waals surface area contributed by atoms with Crippen LogP contribution in [0.4, 0.5) is 0 Å². The van der Waals surface area contributed by atoms with Crippen molar-refractivity contribution in [2.45, 2.75) is 31.4 Å². The van der Waals surface area contributed by atoms with Crippen molar-refractivity contribution in [3.8, 4) is 0 Å². The van der Waals surface area contributed by atoms with Gasteiger partial charge in [-0.1, -0.05) is 0 Å². The van der Waals surface area contributed by atoms with Gasteiger partial charge in [-0.05, 0) is 12.5 Å². The van der Waals surface area contributed by atoms with Crippen molar-refractivity contribution in [2.24, 2.45) is 7.05 Å². The molecule has 2 fully saturated rings. The van der Waals surface area contributed by atoms with Gasteiger partial charge in [0.25, 0.3) is 0 Å². The first-order valence-electron chi connectivity index (χ1n) is 7.68. The molecule has 0 aliphatic carbocycles. The molecular weight excluding hydrogens is 284 g/mol. The predicted molar refractivity (Wildman–Crippen MR) is 79.0 cm³/mol. The Labute approximate surface area is 129 Å². The zero-order valence-electron chi connectivity index (χ0n) is 13.1. The number of aryl methyl sites for hydroxylation is 2. The maximum absolute atomic E-state index is 12.4. The topological polar surface area (TPSA) is 67.7 Å². The van der Waals surface area contributed by atoms with Crippen molar-refractivity contribution in [3.63, 3.8) is 0 Å². The van der Waals surface area contributed by atoms with E-state index in [0.29, 0.717) is 39.0 Å². The molecule has 0 N–H and O–H groups in total. The van der Waals surface area contributed by atoms with Gasteiger partial charge in [-0.25, -0.2) is 0 Å². The Balaban J connectivity index is 1.58. The highest BCUT2D eigenvalue weighted by atomic mass is 16.5. The smallest absolute Gasteiger partial charge is 0.225 e. The molecule has 2 atom stereocenters. The number of ether oxygens (including phenoxy) is 1. The van der Waals surface area contributed by atoms with Gasteiger partial charge in [-0.15, -0.1) is 0 Å². The van der Waals surface area contributed by atoms with Gasteiger partial charge in [0.05, 0.1) is 25.2 Å². The quantitative estimate of drug-likeness (QED) is 0.776.